The van der Waals surface area contributed by atoms with E-state index in [0.29, 0.717) is 16.0 Å². The number of carbonyl (C=O) groups is 1. The van der Waals surface area contributed by atoms with Crippen LogP contribution in [0.5, 0.6) is 0 Å². The van der Waals surface area contributed by atoms with E-state index >= 15 is 0 Å². The molecular weight excluding hydrogens is 403 g/mol. The number of benzene rings is 1. The van der Waals surface area contributed by atoms with Gasteiger partial charge in [-0.05, 0) is 25.1 Å². The van der Waals surface area contributed by atoms with Crippen molar-refractivity contribution in [1.82, 2.24) is 25.3 Å². The Balaban J connectivity index is 1.66. The second-order valence-corrected chi connectivity index (χ2v) is 6.48. The number of carbonyl (C=O) groups excluding carboxylic acids is 1. The summed E-state index contributed by atoms with van der Waals surface area (Å²) in [5.74, 6) is -0.870. The summed E-state index contributed by atoms with van der Waals surface area (Å²) < 4.78 is 47.2. The third-order valence-corrected chi connectivity index (χ3v) is 4.38. The van der Waals surface area contributed by atoms with Gasteiger partial charge >= 0.3 is 6.18 Å². The normalized spacial score (nSPS) is 12.8. The molecule has 0 fully saturated rings. The zero-order chi connectivity index (χ0) is 21.5. The first kappa shape index (κ1) is 19.4. The lowest BCUT2D eigenvalue weighted by Gasteiger charge is -2.14. The van der Waals surface area contributed by atoms with E-state index in [4.69, 9.17) is 4.42 Å². The molecular formula is C19H14F3N5O3. The highest BCUT2D eigenvalue weighted by Gasteiger charge is 2.41. The highest BCUT2D eigenvalue weighted by Crippen LogP contribution is 2.33. The molecule has 0 aliphatic heterocycles. The summed E-state index contributed by atoms with van der Waals surface area (Å²) in [5, 5.41) is 12.5. The van der Waals surface area contributed by atoms with Crippen molar-refractivity contribution < 1.29 is 22.4 Å². The Morgan fingerprint density at radius 3 is 2.67 bits per heavy atom. The van der Waals surface area contributed by atoms with E-state index in [1.54, 1.807) is 25.1 Å². The summed E-state index contributed by atoms with van der Waals surface area (Å²) in [7, 11) is 0. The van der Waals surface area contributed by atoms with Crippen LogP contribution in [0.25, 0.3) is 16.8 Å². The van der Waals surface area contributed by atoms with Crippen molar-refractivity contribution in [2.45, 2.75) is 19.1 Å². The van der Waals surface area contributed by atoms with Crippen LogP contribution in [0.4, 0.5) is 13.2 Å². The molecule has 8 nitrogen and oxygen atoms in total. The number of rotatable bonds is 4. The van der Waals surface area contributed by atoms with E-state index in [1.807, 2.05) is 17.2 Å². The lowest BCUT2D eigenvalue weighted by atomic mass is 10.1. The lowest BCUT2D eigenvalue weighted by Crippen LogP contribution is -2.29. The van der Waals surface area contributed by atoms with E-state index in [9.17, 15) is 22.8 Å². The van der Waals surface area contributed by atoms with Gasteiger partial charge < -0.3 is 9.73 Å². The molecule has 4 aromatic rings. The first-order valence-corrected chi connectivity index (χ1v) is 8.74. The van der Waals surface area contributed by atoms with E-state index in [2.05, 4.69) is 15.5 Å². The van der Waals surface area contributed by atoms with E-state index in [0.717, 1.165) is 23.7 Å². The molecule has 0 aliphatic rings. The Morgan fingerprint density at radius 2 is 2.00 bits per heavy atom. The number of hydrogen-bond acceptors (Lipinski definition) is 5. The van der Waals surface area contributed by atoms with Gasteiger partial charge in [0, 0.05) is 11.5 Å². The van der Waals surface area contributed by atoms with Gasteiger partial charge in [-0.2, -0.15) is 23.4 Å². The first-order valence-electron chi connectivity index (χ1n) is 8.74. The van der Waals surface area contributed by atoms with Gasteiger partial charge in [-0.25, -0.2) is 9.78 Å². The Bertz CT molecular complexity index is 1240. The molecule has 4 rings (SSSR count). The molecule has 0 saturated carbocycles. The molecule has 1 atom stereocenters. The van der Waals surface area contributed by atoms with Gasteiger partial charge in [0.05, 0.1) is 17.8 Å². The van der Waals surface area contributed by atoms with Crippen LogP contribution in [-0.4, -0.2) is 25.9 Å². The zero-order valence-corrected chi connectivity index (χ0v) is 15.4. The average molecular weight is 417 g/mol. The zero-order valence-electron chi connectivity index (χ0n) is 15.4. The van der Waals surface area contributed by atoms with Crippen molar-refractivity contribution in [3.63, 3.8) is 0 Å². The van der Waals surface area contributed by atoms with Crippen molar-refractivity contribution >= 4 is 16.9 Å². The third kappa shape index (κ3) is 3.56. The van der Waals surface area contributed by atoms with Crippen LogP contribution in [0.1, 0.15) is 34.8 Å². The molecule has 1 aromatic carbocycles. The first-order chi connectivity index (χ1) is 14.2. The molecule has 0 saturated heterocycles. The van der Waals surface area contributed by atoms with Gasteiger partial charge in [-0.15, -0.1) is 0 Å². The highest BCUT2D eigenvalue weighted by atomic mass is 19.4. The fraction of sp³-hybridized carbons (Fsp3) is 0.158. The van der Waals surface area contributed by atoms with Crippen LogP contribution in [-0.2, 0) is 6.18 Å². The monoisotopic (exact) mass is 417 g/mol. The number of aromatic nitrogens is 4. The molecule has 3 aromatic heterocycles. The number of nitrogens with zero attached hydrogens (tertiary/aromatic N) is 3. The molecule has 0 bridgehead atoms. The minimum absolute atomic E-state index is 0.286. The summed E-state index contributed by atoms with van der Waals surface area (Å²) in [6, 6.07) is 10.3. The number of halogens is 3. The van der Waals surface area contributed by atoms with E-state index < -0.39 is 34.9 Å². The standard InChI is InChI=1S/C19H14F3N5O3/c1-10(14-8-11-4-2-3-5-13(11)30-14)24-18(29)12-9-23-27(17(12)19(20,21)22)15-6-7-16(28)26-25-15/h2-10H,1H3,(H,24,29)(H,26,28). The fourth-order valence-electron chi connectivity index (χ4n) is 2.98. The number of nitrogens with one attached hydrogen (secondary N) is 2. The van der Waals surface area contributed by atoms with Crippen molar-refractivity contribution in [2.24, 2.45) is 0 Å². The lowest BCUT2D eigenvalue weighted by molar-refractivity contribution is -0.143. The molecule has 11 heteroatoms. The van der Waals surface area contributed by atoms with Crippen LogP contribution in [0, 0.1) is 0 Å². The Hall–Kier alpha value is -3.89. The Labute approximate surface area is 166 Å². The van der Waals surface area contributed by atoms with Crippen molar-refractivity contribution in [1.29, 1.82) is 0 Å². The minimum atomic E-state index is -4.90. The minimum Gasteiger partial charge on any atom is -0.459 e. The number of fused-ring (bicyclic) bond motifs is 1. The maximum Gasteiger partial charge on any atom is 0.434 e. The molecule has 1 unspecified atom stereocenters. The molecule has 0 radical (unpaired) electrons. The fourth-order valence-corrected chi connectivity index (χ4v) is 2.98. The summed E-state index contributed by atoms with van der Waals surface area (Å²) in [5.41, 5.74) is -1.98. The van der Waals surface area contributed by atoms with Crippen molar-refractivity contribution in [2.75, 3.05) is 0 Å². The molecule has 0 spiro atoms. The summed E-state index contributed by atoms with van der Waals surface area (Å²) in [6.07, 6.45) is -4.10. The van der Waals surface area contributed by atoms with E-state index in [-0.39, 0.29) is 5.82 Å². The van der Waals surface area contributed by atoms with Gasteiger partial charge in [-0.3, -0.25) is 9.59 Å². The van der Waals surface area contributed by atoms with Gasteiger partial charge in [0.25, 0.3) is 11.5 Å². The second kappa shape index (κ2) is 7.17. The molecule has 3 heterocycles. The Kier molecular flexibility index (Phi) is 4.65. The maximum absolute atomic E-state index is 13.7. The SMILES string of the molecule is CC(NC(=O)c1cnn(-c2ccc(=O)[nH]n2)c1C(F)(F)F)c1cc2ccccc2o1. The molecule has 0 aliphatic carbocycles. The van der Waals surface area contributed by atoms with Gasteiger partial charge in [-0.1, -0.05) is 18.2 Å². The predicted molar refractivity (Wildman–Crippen MR) is 99.1 cm³/mol. The van der Waals surface area contributed by atoms with Crippen molar-refractivity contribution in [3.8, 4) is 5.82 Å². The van der Waals surface area contributed by atoms with Gasteiger partial charge in [0.2, 0.25) is 0 Å². The van der Waals surface area contributed by atoms with Crippen LogP contribution >= 0.6 is 0 Å². The summed E-state index contributed by atoms with van der Waals surface area (Å²) in [6.45, 7) is 1.59. The second-order valence-electron chi connectivity index (χ2n) is 6.48. The maximum atomic E-state index is 13.7. The number of amides is 1. The van der Waals surface area contributed by atoms with Crippen LogP contribution in [0.15, 0.2) is 57.9 Å². The predicted octanol–water partition coefficient (Wildman–Crippen LogP) is 3.21. The number of alkyl halides is 3. The number of hydrogen-bond donors (Lipinski definition) is 2. The average Bonchev–Trinajstić information content (AvgIpc) is 3.33. The Morgan fingerprint density at radius 1 is 1.23 bits per heavy atom. The number of para-hydroxylation sites is 1. The smallest absolute Gasteiger partial charge is 0.434 e. The summed E-state index contributed by atoms with van der Waals surface area (Å²) in [4.78, 5) is 23.8. The molecule has 154 valence electrons. The third-order valence-electron chi connectivity index (χ3n) is 4.38. The number of furan rings is 1. The highest BCUT2D eigenvalue weighted by molar-refractivity contribution is 5.95. The summed E-state index contributed by atoms with van der Waals surface area (Å²) >= 11 is 0. The quantitative estimate of drug-likeness (QED) is 0.530. The molecule has 1 amide bonds. The topological polar surface area (TPSA) is 106 Å². The number of H-pyrrole nitrogens is 1. The van der Waals surface area contributed by atoms with Crippen LogP contribution < -0.4 is 10.9 Å². The van der Waals surface area contributed by atoms with Crippen LogP contribution in [0.3, 0.4) is 0 Å². The molecule has 30 heavy (non-hydrogen) atoms. The van der Waals surface area contributed by atoms with Gasteiger partial charge in [0.1, 0.15) is 11.3 Å². The largest absolute Gasteiger partial charge is 0.459 e. The van der Waals surface area contributed by atoms with E-state index in [1.165, 1.54) is 0 Å². The van der Waals surface area contributed by atoms with Crippen molar-refractivity contribution in [3.05, 3.63) is 76.0 Å². The van der Waals surface area contributed by atoms with Gasteiger partial charge in [0.15, 0.2) is 11.5 Å². The van der Waals surface area contributed by atoms with Crippen LogP contribution in [0.2, 0.25) is 0 Å². The number of aromatic amines is 1. The molecule has 2 N–H and O–H groups in total.